The fourth-order valence-electron chi connectivity index (χ4n) is 2.35. The molecule has 1 N–H and O–H groups in total. The molecule has 1 atom stereocenters. The molecule has 19 heavy (non-hydrogen) atoms. The van der Waals surface area contributed by atoms with Crippen LogP contribution in [0.3, 0.4) is 0 Å². The molecule has 0 spiro atoms. The van der Waals surface area contributed by atoms with E-state index in [4.69, 9.17) is 5.11 Å². The largest absolute Gasteiger partial charge is 0.480 e. The van der Waals surface area contributed by atoms with Crippen LogP contribution in [-0.4, -0.2) is 58.2 Å². The summed E-state index contributed by atoms with van der Waals surface area (Å²) in [5.74, 6) is 0.950. The van der Waals surface area contributed by atoms with E-state index in [9.17, 15) is 4.79 Å². The maximum atomic E-state index is 11.0. The quantitative estimate of drug-likeness (QED) is 0.866. The smallest absolute Gasteiger partial charge is 0.320 e. The summed E-state index contributed by atoms with van der Waals surface area (Å²) in [5.41, 5.74) is 0.962. The van der Waals surface area contributed by atoms with Crippen LogP contribution in [0.2, 0.25) is 0 Å². The average molecular weight is 264 g/mol. The Morgan fingerprint density at radius 2 is 1.89 bits per heavy atom. The van der Waals surface area contributed by atoms with Gasteiger partial charge in [0.1, 0.15) is 17.7 Å². The summed E-state index contributed by atoms with van der Waals surface area (Å²) in [5, 5.41) is 9.01. The van der Waals surface area contributed by atoms with Crippen LogP contribution in [0, 0.1) is 13.8 Å². The van der Waals surface area contributed by atoms with Crippen molar-refractivity contribution in [3.8, 4) is 0 Å². The molecule has 1 aromatic heterocycles. The molecule has 2 rings (SSSR count). The summed E-state index contributed by atoms with van der Waals surface area (Å²) < 4.78 is 0. The van der Waals surface area contributed by atoms with Gasteiger partial charge in [-0.25, -0.2) is 9.97 Å². The molecule has 0 aromatic carbocycles. The molecule has 6 heteroatoms. The Hall–Kier alpha value is -1.69. The Kier molecular flexibility index (Phi) is 3.99. The number of carbonyl (C=O) groups is 1. The highest BCUT2D eigenvalue weighted by molar-refractivity contribution is 5.72. The van der Waals surface area contributed by atoms with Crippen molar-refractivity contribution in [1.29, 1.82) is 0 Å². The Morgan fingerprint density at radius 1 is 1.26 bits per heavy atom. The van der Waals surface area contributed by atoms with E-state index in [2.05, 4.69) is 14.9 Å². The highest BCUT2D eigenvalue weighted by atomic mass is 16.4. The van der Waals surface area contributed by atoms with Gasteiger partial charge in [0.05, 0.1) is 0 Å². The Labute approximate surface area is 113 Å². The van der Waals surface area contributed by atoms with Gasteiger partial charge in [0.25, 0.3) is 0 Å². The second-order valence-corrected chi connectivity index (χ2v) is 4.95. The van der Waals surface area contributed by atoms with Crippen molar-refractivity contribution in [3.63, 3.8) is 0 Å². The molecule has 0 saturated carbocycles. The minimum absolute atomic E-state index is 0.420. The van der Waals surface area contributed by atoms with E-state index in [0.29, 0.717) is 0 Å². The van der Waals surface area contributed by atoms with Crippen LogP contribution in [0.25, 0.3) is 0 Å². The third-order valence-corrected chi connectivity index (χ3v) is 3.50. The van der Waals surface area contributed by atoms with Gasteiger partial charge in [0.2, 0.25) is 0 Å². The van der Waals surface area contributed by atoms with E-state index in [-0.39, 0.29) is 0 Å². The van der Waals surface area contributed by atoms with Crippen molar-refractivity contribution in [1.82, 2.24) is 14.9 Å². The minimum atomic E-state index is -0.762. The summed E-state index contributed by atoms with van der Waals surface area (Å²) in [7, 11) is 0. The number of rotatable bonds is 3. The molecule has 1 aliphatic heterocycles. The van der Waals surface area contributed by atoms with Crippen molar-refractivity contribution >= 4 is 11.8 Å². The number of aliphatic carboxylic acids is 1. The summed E-state index contributed by atoms with van der Waals surface area (Å²) in [4.78, 5) is 23.8. The highest BCUT2D eigenvalue weighted by Crippen LogP contribution is 2.16. The summed E-state index contributed by atoms with van der Waals surface area (Å²) >= 11 is 0. The number of anilines is 1. The predicted molar refractivity (Wildman–Crippen MR) is 72.4 cm³/mol. The number of hydrogen-bond donors (Lipinski definition) is 1. The van der Waals surface area contributed by atoms with Crippen molar-refractivity contribution in [2.24, 2.45) is 0 Å². The standard InChI is InChI=1S/C13H20N4O2/c1-9-8-12(15-11(3)14-9)17-6-4-16(5-7-17)10(2)13(18)19/h8,10H,4-7H2,1-3H3,(H,18,19)/t10-/m1/s1. The van der Waals surface area contributed by atoms with Crippen molar-refractivity contribution in [3.05, 3.63) is 17.6 Å². The zero-order valence-corrected chi connectivity index (χ0v) is 11.6. The number of aryl methyl sites for hydroxylation is 2. The molecular formula is C13H20N4O2. The first-order valence-electron chi connectivity index (χ1n) is 6.51. The van der Waals surface area contributed by atoms with Crippen LogP contribution < -0.4 is 4.90 Å². The Balaban J connectivity index is 2.01. The number of carboxylic acid groups (broad SMARTS) is 1. The number of hydrogen-bond acceptors (Lipinski definition) is 5. The lowest BCUT2D eigenvalue weighted by molar-refractivity contribution is -0.142. The molecule has 2 heterocycles. The van der Waals surface area contributed by atoms with Crippen molar-refractivity contribution < 1.29 is 9.90 Å². The minimum Gasteiger partial charge on any atom is -0.480 e. The van der Waals surface area contributed by atoms with Gasteiger partial charge in [-0.1, -0.05) is 0 Å². The second kappa shape index (κ2) is 5.52. The Bertz CT molecular complexity index is 449. The molecule has 1 fully saturated rings. The summed E-state index contributed by atoms with van der Waals surface area (Å²) in [6, 6.07) is 1.56. The molecule has 1 aromatic rings. The lowest BCUT2D eigenvalue weighted by Crippen LogP contribution is -2.52. The van der Waals surface area contributed by atoms with E-state index in [0.717, 1.165) is 43.5 Å². The first kappa shape index (κ1) is 13.7. The van der Waals surface area contributed by atoms with Gasteiger partial charge in [0, 0.05) is 37.9 Å². The van der Waals surface area contributed by atoms with Gasteiger partial charge in [-0.3, -0.25) is 9.69 Å². The SMILES string of the molecule is Cc1cc(N2CCN([C@H](C)C(=O)O)CC2)nc(C)n1. The van der Waals surface area contributed by atoms with Gasteiger partial charge < -0.3 is 10.0 Å². The summed E-state index contributed by atoms with van der Waals surface area (Å²) in [6.45, 7) is 8.67. The normalized spacial score (nSPS) is 18.4. The Morgan fingerprint density at radius 3 is 2.42 bits per heavy atom. The topological polar surface area (TPSA) is 69.6 Å². The van der Waals surface area contributed by atoms with E-state index in [1.807, 2.05) is 24.8 Å². The monoisotopic (exact) mass is 264 g/mol. The summed E-state index contributed by atoms with van der Waals surface area (Å²) in [6.07, 6.45) is 0. The third-order valence-electron chi connectivity index (χ3n) is 3.50. The molecule has 6 nitrogen and oxygen atoms in total. The van der Waals surface area contributed by atoms with Crippen LogP contribution in [0.5, 0.6) is 0 Å². The van der Waals surface area contributed by atoms with Crippen molar-refractivity contribution in [2.45, 2.75) is 26.8 Å². The zero-order chi connectivity index (χ0) is 14.0. The molecule has 0 bridgehead atoms. The van der Waals surface area contributed by atoms with Crippen LogP contribution in [-0.2, 0) is 4.79 Å². The van der Waals surface area contributed by atoms with Crippen molar-refractivity contribution in [2.75, 3.05) is 31.1 Å². The lowest BCUT2D eigenvalue weighted by Gasteiger charge is -2.37. The van der Waals surface area contributed by atoms with Gasteiger partial charge >= 0.3 is 5.97 Å². The zero-order valence-electron chi connectivity index (χ0n) is 11.6. The predicted octanol–water partition coefficient (Wildman–Crippen LogP) is 0.689. The lowest BCUT2D eigenvalue weighted by atomic mass is 10.2. The third kappa shape index (κ3) is 3.20. The highest BCUT2D eigenvalue weighted by Gasteiger charge is 2.25. The van der Waals surface area contributed by atoms with Gasteiger partial charge in [-0.05, 0) is 20.8 Å². The molecule has 0 amide bonds. The van der Waals surface area contributed by atoms with Crippen LogP contribution in [0.4, 0.5) is 5.82 Å². The molecular weight excluding hydrogens is 244 g/mol. The van der Waals surface area contributed by atoms with Crippen LogP contribution in [0.1, 0.15) is 18.4 Å². The van der Waals surface area contributed by atoms with Gasteiger partial charge in [-0.2, -0.15) is 0 Å². The molecule has 1 saturated heterocycles. The molecule has 0 aliphatic carbocycles. The fraction of sp³-hybridized carbons (Fsp3) is 0.615. The van der Waals surface area contributed by atoms with Crippen LogP contribution >= 0.6 is 0 Å². The van der Waals surface area contributed by atoms with Crippen LogP contribution in [0.15, 0.2) is 6.07 Å². The average Bonchev–Trinajstić information content (AvgIpc) is 2.37. The maximum Gasteiger partial charge on any atom is 0.320 e. The van der Waals surface area contributed by atoms with Gasteiger partial charge in [0.15, 0.2) is 0 Å². The van der Waals surface area contributed by atoms with E-state index < -0.39 is 12.0 Å². The fourth-order valence-corrected chi connectivity index (χ4v) is 2.35. The molecule has 0 radical (unpaired) electrons. The molecule has 104 valence electrons. The molecule has 1 aliphatic rings. The van der Waals surface area contributed by atoms with E-state index >= 15 is 0 Å². The van der Waals surface area contributed by atoms with E-state index in [1.165, 1.54) is 0 Å². The number of aromatic nitrogens is 2. The maximum absolute atomic E-state index is 11.0. The first-order valence-corrected chi connectivity index (χ1v) is 6.51. The van der Waals surface area contributed by atoms with E-state index in [1.54, 1.807) is 6.92 Å². The molecule has 0 unspecified atom stereocenters. The number of piperazine rings is 1. The number of nitrogens with zero attached hydrogens (tertiary/aromatic N) is 4. The number of carboxylic acids is 1. The second-order valence-electron chi connectivity index (χ2n) is 4.95. The first-order chi connectivity index (χ1) is 8.97. The van der Waals surface area contributed by atoms with Gasteiger partial charge in [-0.15, -0.1) is 0 Å².